The van der Waals surface area contributed by atoms with Gasteiger partial charge in [-0.25, -0.2) is 21.9 Å². The fraction of sp³-hybridized carbons (Fsp3) is 0.455. The number of rotatable bonds is 6. The normalized spacial score (nSPS) is 12.8. The largest absolute Gasteiger partial charge is 0.324 e. The smallest absolute Gasteiger partial charge is 0.320 e. The Labute approximate surface area is 119 Å². The zero-order chi connectivity index (χ0) is 16.4. The number of sulfonamides is 1. The summed E-state index contributed by atoms with van der Waals surface area (Å²) in [6.07, 6.45) is -3.95. The van der Waals surface area contributed by atoms with Crippen molar-refractivity contribution < 1.29 is 26.0 Å². The van der Waals surface area contributed by atoms with Crippen LogP contribution < -0.4 is 16.0 Å². The number of alkyl halides is 4. The van der Waals surface area contributed by atoms with E-state index in [9.17, 15) is 26.0 Å². The Morgan fingerprint density at radius 1 is 1.24 bits per heavy atom. The van der Waals surface area contributed by atoms with E-state index in [2.05, 4.69) is 5.43 Å². The van der Waals surface area contributed by atoms with E-state index in [-0.39, 0.29) is 16.0 Å². The van der Waals surface area contributed by atoms with Crippen molar-refractivity contribution >= 4 is 15.7 Å². The molecule has 0 aliphatic carbocycles. The lowest BCUT2D eigenvalue weighted by atomic mass is 10.1. The molecule has 0 amide bonds. The van der Waals surface area contributed by atoms with E-state index in [1.54, 1.807) is 0 Å². The molecule has 0 unspecified atom stereocenters. The molecule has 10 heteroatoms. The van der Waals surface area contributed by atoms with Crippen molar-refractivity contribution in [2.45, 2.75) is 31.1 Å². The fourth-order valence-corrected chi connectivity index (χ4v) is 3.29. The second-order valence-corrected chi connectivity index (χ2v) is 6.17. The predicted octanol–water partition coefficient (Wildman–Crippen LogP) is 1.77. The van der Waals surface area contributed by atoms with Crippen LogP contribution in [0.3, 0.4) is 0 Å². The molecule has 0 atom stereocenters. The first kappa shape index (κ1) is 17.7. The molecule has 1 aromatic carbocycles. The summed E-state index contributed by atoms with van der Waals surface area (Å²) in [7, 11) is -4.35. The molecule has 4 N–H and O–H groups in total. The van der Waals surface area contributed by atoms with Crippen molar-refractivity contribution in [1.82, 2.24) is 4.72 Å². The Hall–Kier alpha value is -1.39. The van der Waals surface area contributed by atoms with E-state index in [1.807, 2.05) is 0 Å². The van der Waals surface area contributed by atoms with E-state index in [4.69, 9.17) is 5.84 Å². The minimum atomic E-state index is -4.44. The van der Waals surface area contributed by atoms with Crippen molar-refractivity contribution in [3.05, 3.63) is 23.3 Å². The van der Waals surface area contributed by atoms with Gasteiger partial charge in [0.25, 0.3) is 0 Å². The molecule has 0 saturated carbocycles. The Morgan fingerprint density at radius 2 is 1.71 bits per heavy atom. The Kier molecular flexibility index (Phi) is 5.18. The van der Waals surface area contributed by atoms with Crippen LogP contribution in [-0.4, -0.2) is 27.3 Å². The number of nitrogens with two attached hydrogens (primary N) is 1. The first-order valence-electron chi connectivity index (χ1n) is 5.75. The molecule has 1 aromatic rings. The van der Waals surface area contributed by atoms with Crippen LogP contribution in [0.15, 0.2) is 17.0 Å². The topological polar surface area (TPSA) is 84.2 Å². The minimum Gasteiger partial charge on any atom is -0.324 e. The lowest BCUT2D eigenvalue weighted by molar-refractivity contribution is -0.122. The molecular weight excluding hydrogens is 314 g/mol. The number of hydrogen-bond donors (Lipinski definition) is 3. The van der Waals surface area contributed by atoms with Gasteiger partial charge < -0.3 is 5.43 Å². The van der Waals surface area contributed by atoms with Gasteiger partial charge >= 0.3 is 12.3 Å². The lowest BCUT2D eigenvalue weighted by Gasteiger charge is -2.18. The number of benzene rings is 1. The molecule has 0 radical (unpaired) electrons. The summed E-state index contributed by atoms with van der Waals surface area (Å²) in [5.41, 5.74) is 3.25. The summed E-state index contributed by atoms with van der Waals surface area (Å²) < 4.78 is 75.2. The summed E-state index contributed by atoms with van der Waals surface area (Å²) in [4.78, 5) is -0.244. The highest BCUT2D eigenvalue weighted by Gasteiger charge is 2.41. The first-order valence-corrected chi connectivity index (χ1v) is 7.23. The quantitative estimate of drug-likeness (QED) is 0.422. The number of hydrogen-bond acceptors (Lipinski definition) is 4. The third-order valence-corrected chi connectivity index (χ3v) is 4.42. The van der Waals surface area contributed by atoms with Gasteiger partial charge in [-0.1, -0.05) is 0 Å². The van der Waals surface area contributed by atoms with Crippen LogP contribution in [0.25, 0.3) is 0 Å². The third-order valence-electron chi connectivity index (χ3n) is 2.71. The SMILES string of the molecule is Cc1cc(NN)cc(C)c1S(=O)(=O)NCC(F)(F)C(F)F. The average molecular weight is 329 g/mol. The summed E-state index contributed by atoms with van der Waals surface area (Å²) >= 11 is 0. The number of anilines is 1. The van der Waals surface area contributed by atoms with Crippen LogP contribution in [0.2, 0.25) is 0 Å². The van der Waals surface area contributed by atoms with Crippen molar-refractivity contribution in [3.8, 4) is 0 Å². The average Bonchev–Trinajstić information content (AvgIpc) is 2.35. The van der Waals surface area contributed by atoms with Crippen LogP contribution in [0.5, 0.6) is 0 Å². The molecule has 0 saturated heterocycles. The molecule has 120 valence electrons. The molecule has 0 aromatic heterocycles. The van der Waals surface area contributed by atoms with Crippen LogP contribution in [0.4, 0.5) is 23.2 Å². The summed E-state index contributed by atoms with van der Waals surface area (Å²) in [5.74, 6) is 0.761. The predicted molar refractivity (Wildman–Crippen MR) is 69.9 cm³/mol. The van der Waals surface area contributed by atoms with Crippen LogP contribution >= 0.6 is 0 Å². The van der Waals surface area contributed by atoms with Gasteiger partial charge in [0.05, 0.1) is 11.4 Å². The Morgan fingerprint density at radius 3 is 2.10 bits per heavy atom. The zero-order valence-electron chi connectivity index (χ0n) is 11.3. The summed E-state index contributed by atoms with van der Waals surface area (Å²) in [6.45, 7) is 1.20. The molecule has 0 fully saturated rings. The maximum atomic E-state index is 12.8. The number of hydrazine groups is 1. The highest BCUT2D eigenvalue weighted by Crippen LogP contribution is 2.26. The van der Waals surface area contributed by atoms with Gasteiger partial charge in [0.15, 0.2) is 0 Å². The van der Waals surface area contributed by atoms with Gasteiger partial charge in [-0.15, -0.1) is 0 Å². The van der Waals surface area contributed by atoms with Gasteiger partial charge in [-0.2, -0.15) is 8.78 Å². The molecule has 5 nitrogen and oxygen atoms in total. The van der Waals surface area contributed by atoms with Crippen molar-refractivity contribution in [1.29, 1.82) is 0 Å². The van der Waals surface area contributed by atoms with Crippen molar-refractivity contribution in [2.75, 3.05) is 12.0 Å². The van der Waals surface area contributed by atoms with Gasteiger partial charge in [-0.3, -0.25) is 5.84 Å². The third kappa shape index (κ3) is 4.05. The fourth-order valence-electron chi connectivity index (χ4n) is 1.80. The second kappa shape index (κ2) is 6.16. The number of nitrogen functional groups attached to an aromatic ring is 1. The molecule has 21 heavy (non-hydrogen) atoms. The maximum absolute atomic E-state index is 12.8. The Balaban J connectivity index is 3.10. The van der Waals surface area contributed by atoms with E-state index in [1.165, 1.54) is 30.7 Å². The van der Waals surface area contributed by atoms with Crippen LogP contribution in [0, 0.1) is 13.8 Å². The van der Waals surface area contributed by atoms with Gasteiger partial charge in [0.1, 0.15) is 0 Å². The first-order chi connectivity index (χ1) is 9.51. The van der Waals surface area contributed by atoms with Crippen molar-refractivity contribution in [3.63, 3.8) is 0 Å². The van der Waals surface area contributed by atoms with Crippen LogP contribution in [-0.2, 0) is 10.0 Å². The van der Waals surface area contributed by atoms with Crippen molar-refractivity contribution in [2.24, 2.45) is 5.84 Å². The van der Waals surface area contributed by atoms with Crippen LogP contribution in [0.1, 0.15) is 11.1 Å². The molecule has 0 heterocycles. The standard InChI is InChI=1S/C11H15F4N3O2S/c1-6-3-8(18-16)4-7(2)9(6)21(19,20)17-5-11(14,15)10(12)13/h3-4,10,17-18H,5,16H2,1-2H3. The minimum absolute atomic E-state index is 0.244. The molecule has 0 aliphatic rings. The molecule has 1 rings (SSSR count). The number of aryl methyl sites for hydroxylation is 2. The molecule has 0 bridgehead atoms. The molecular formula is C11H15F4N3O2S. The van der Waals surface area contributed by atoms with E-state index in [0.717, 1.165) is 0 Å². The monoisotopic (exact) mass is 329 g/mol. The van der Waals surface area contributed by atoms with E-state index >= 15 is 0 Å². The van der Waals surface area contributed by atoms with Gasteiger partial charge in [0.2, 0.25) is 10.0 Å². The van der Waals surface area contributed by atoms with Gasteiger partial charge in [0, 0.05) is 5.69 Å². The molecule has 0 aliphatic heterocycles. The second-order valence-electron chi connectivity index (χ2n) is 4.47. The van der Waals surface area contributed by atoms with Gasteiger partial charge in [-0.05, 0) is 37.1 Å². The maximum Gasteiger partial charge on any atom is 0.320 e. The number of halogens is 4. The summed E-state index contributed by atoms with van der Waals surface area (Å²) in [6, 6.07) is 2.79. The highest BCUT2D eigenvalue weighted by molar-refractivity contribution is 7.89. The van der Waals surface area contributed by atoms with E-state index < -0.39 is 28.9 Å². The number of nitrogens with one attached hydrogen (secondary N) is 2. The summed E-state index contributed by atoms with van der Waals surface area (Å²) in [5, 5.41) is 0. The molecule has 0 spiro atoms. The van der Waals surface area contributed by atoms with E-state index in [0.29, 0.717) is 5.69 Å². The lowest BCUT2D eigenvalue weighted by Crippen LogP contribution is -2.41. The Bertz CT molecular complexity index is 597. The zero-order valence-corrected chi connectivity index (χ0v) is 12.1. The highest BCUT2D eigenvalue weighted by atomic mass is 32.2.